The average Bonchev–Trinajstić information content (AvgIpc) is 0.701. The normalized spacial score (nSPS) is 15.3. The average molecular weight is 1280 g/mol. The Morgan fingerprint density at radius 2 is 0.788 bits per heavy atom. The van der Waals surface area contributed by atoms with Gasteiger partial charge in [-0.25, -0.2) is 0 Å². The molecule has 474 valence electrons. The number of benzene rings is 14. The Labute approximate surface area is 601 Å². The molecule has 0 saturated heterocycles. The highest BCUT2D eigenvalue weighted by Crippen LogP contribution is 2.58. The van der Waals surface area contributed by atoms with Crippen LogP contribution < -0.4 is 26.2 Å². The van der Waals surface area contributed by atoms with Gasteiger partial charge < -0.3 is 14.4 Å². The second-order valence-electron chi connectivity index (χ2n) is 29.0. The van der Waals surface area contributed by atoms with Crippen molar-refractivity contribution < 1.29 is 17.8 Å². The van der Waals surface area contributed by atoms with Gasteiger partial charge >= 0.3 is 0 Å². The molecular weight excluding hydrogens is 1190 g/mol. The Morgan fingerprint density at radius 3 is 1.30 bits per heavy atom. The van der Waals surface area contributed by atoms with Gasteiger partial charge in [0.05, 0.1) is 40.2 Å². The Morgan fingerprint density at radius 1 is 0.333 bits per heavy atom. The topological polar surface area (TPSA) is 11.4 Å². The van der Waals surface area contributed by atoms with Gasteiger partial charge in [-0.05, 0) is 172 Å². The van der Waals surface area contributed by atoms with E-state index < -0.39 is 84.0 Å². The maximum Gasteiger partial charge on any atom is 0.252 e. The molecule has 3 aliphatic rings. The highest BCUT2D eigenvalue weighted by Gasteiger charge is 2.47. The van der Waals surface area contributed by atoms with E-state index in [9.17, 15) is 13.7 Å². The Kier molecular flexibility index (Phi) is 10.9. The van der Waals surface area contributed by atoms with Crippen molar-refractivity contribution >= 4 is 79.0 Å². The number of anilines is 6. The van der Waals surface area contributed by atoms with Crippen LogP contribution in [0.25, 0.3) is 105 Å². The van der Waals surface area contributed by atoms with E-state index in [0.717, 1.165) is 128 Å². The van der Waals surface area contributed by atoms with Gasteiger partial charge in [-0.3, -0.25) is 0 Å². The maximum absolute atomic E-state index is 9.90. The lowest BCUT2D eigenvalue weighted by atomic mass is 9.33. The zero-order chi connectivity index (χ0) is 78.4. The van der Waals surface area contributed by atoms with E-state index in [1.807, 2.05) is 60.7 Å². The first-order chi connectivity index (χ1) is 53.6. The molecule has 0 amide bonds. The molecule has 3 nitrogen and oxygen atoms in total. The number of rotatable bonds is 9. The van der Waals surface area contributed by atoms with Crippen molar-refractivity contribution in [1.82, 2.24) is 4.57 Å². The summed E-state index contributed by atoms with van der Waals surface area (Å²) in [6.45, 7) is 17.2. The van der Waals surface area contributed by atoms with Gasteiger partial charge in [0.15, 0.2) is 0 Å². The number of para-hydroxylation sites is 2. The molecule has 99 heavy (non-hydrogen) atoms. The van der Waals surface area contributed by atoms with Crippen LogP contribution in [0.1, 0.15) is 95.5 Å². The summed E-state index contributed by atoms with van der Waals surface area (Å²) < 4.78 is 124. The molecule has 0 saturated carbocycles. The lowest BCUT2D eigenvalue weighted by Crippen LogP contribution is -2.61. The van der Waals surface area contributed by atoms with Crippen molar-refractivity contribution in [2.75, 3.05) is 9.80 Å². The maximum atomic E-state index is 9.90. The number of aromatic nitrogens is 1. The van der Waals surface area contributed by atoms with Crippen molar-refractivity contribution in [3.8, 4) is 83.6 Å². The molecule has 4 heteroatoms. The molecule has 0 unspecified atom stereocenters. The zero-order valence-electron chi connectivity index (χ0n) is 69.4. The summed E-state index contributed by atoms with van der Waals surface area (Å²) in [6, 6.07) is 76.7. The third-order valence-electron chi connectivity index (χ3n) is 20.8. The van der Waals surface area contributed by atoms with Crippen LogP contribution in [0.4, 0.5) is 34.1 Å². The van der Waals surface area contributed by atoms with Crippen LogP contribution >= 0.6 is 0 Å². The van der Waals surface area contributed by atoms with Crippen molar-refractivity contribution in [2.24, 2.45) is 0 Å². The molecule has 0 radical (unpaired) electrons. The lowest BCUT2D eigenvalue weighted by Gasteiger charge is -2.46. The van der Waals surface area contributed by atoms with E-state index in [0.29, 0.717) is 16.9 Å². The minimum absolute atomic E-state index is 0.0276. The summed E-state index contributed by atoms with van der Waals surface area (Å²) in [6.07, 6.45) is 0. The first-order valence-corrected chi connectivity index (χ1v) is 34.0. The number of hydrogen-bond acceptors (Lipinski definition) is 2. The molecule has 0 bridgehead atoms. The summed E-state index contributed by atoms with van der Waals surface area (Å²) in [4.78, 5) is 4.79. The smallest absolute Gasteiger partial charge is 0.252 e. The van der Waals surface area contributed by atoms with Crippen LogP contribution in [0.3, 0.4) is 0 Å². The Balaban J connectivity index is 1.09. The minimum Gasteiger partial charge on any atom is -0.310 e. The molecule has 2 aliphatic heterocycles. The van der Waals surface area contributed by atoms with Crippen LogP contribution in [0.5, 0.6) is 0 Å². The van der Waals surface area contributed by atoms with Crippen molar-refractivity contribution in [2.45, 2.75) is 71.6 Å². The molecule has 0 fully saturated rings. The van der Waals surface area contributed by atoms with E-state index in [1.165, 1.54) is 5.56 Å². The van der Waals surface area contributed by atoms with Crippen LogP contribution in [-0.2, 0) is 16.2 Å². The SMILES string of the molecule is [2H]c1c([2H])c([2H])c(-c2ccc3c(c2)B2c4ccc(-n5c6c([2H])c([2H])c([2H])c([2H])c6c6c([2H])c([2H])c([2H])c([2H])c65)cc4N(c4c(-c5ccccc5)cc(C(C)(C)C)cc4-c4ccccc4)c4cc(-c5cccc6c5-c5ccccc5C6(C)C)cc(c42)N3c2c(-c3ccccc3)cc(C(C)(C)C)cc2-c2ccccc2)c([2H])c1[2H]. The summed E-state index contributed by atoms with van der Waals surface area (Å²) in [5, 5.41) is -0.112. The predicted octanol–water partition coefficient (Wildman–Crippen LogP) is 23.8. The van der Waals surface area contributed by atoms with Crippen LogP contribution in [0.2, 0.25) is 0 Å². The fourth-order valence-corrected chi connectivity index (χ4v) is 16.0. The molecule has 15 aromatic rings. The summed E-state index contributed by atoms with van der Waals surface area (Å²) in [5.74, 6) is 0. The molecule has 1 aromatic heterocycles. The van der Waals surface area contributed by atoms with Gasteiger partial charge in [-0.15, -0.1) is 0 Å². The monoisotopic (exact) mass is 1280 g/mol. The van der Waals surface area contributed by atoms with E-state index in [2.05, 4.69) is 241 Å². The lowest BCUT2D eigenvalue weighted by molar-refractivity contribution is 0.590. The van der Waals surface area contributed by atoms with Gasteiger partial charge in [0.1, 0.15) is 0 Å². The highest BCUT2D eigenvalue weighted by molar-refractivity contribution is 7.00. The van der Waals surface area contributed by atoms with Crippen LogP contribution in [0.15, 0.2) is 315 Å². The molecule has 3 heterocycles. The first kappa shape index (κ1) is 47.5. The third-order valence-corrected chi connectivity index (χ3v) is 20.8. The van der Waals surface area contributed by atoms with Crippen molar-refractivity contribution in [3.05, 3.63) is 337 Å². The summed E-state index contributed by atoms with van der Waals surface area (Å²) in [5.41, 5.74) is 22.4. The first-order valence-electron chi connectivity index (χ1n) is 40.5. The Hall–Kier alpha value is -11.5. The molecule has 0 spiro atoms. The second kappa shape index (κ2) is 22.8. The van der Waals surface area contributed by atoms with E-state index in [4.69, 9.17) is 4.11 Å². The molecular formula is C95H76BN3. The molecule has 18 rings (SSSR count). The van der Waals surface area contributed by atoms with Crippen LogP contribution in [0, 0.1) is 0 Å². The van der Waals surface area contributed by atoms with Gasteiger partial charge in [-0.1, -0.05) is 304 Å². The van der Waals surface area contributed by atoms with Crippen molar-refractivity contribution in [3.63, 3.8) is 0 Å². The molecule has 0 N–H and O–H groups in total. The number of nitrogens with zero attached hydrogens (tertiary/aromatic N) is 3. The van der Waals surface area contributed by atoms with Gasteiger partial charge in [0.2, 0.25) is 0 Å². The second-order valence-corrected chi connectivity index (χ2v) is 29.0. The molecule has 1 aliphatic carbocycles. The quantitative estimate of drug-likeness (QED) is 0.133. The molecule has 0 atom stereocenters. The minimum atomic E-state index is -0.785. The summed E-state index contributed by atoms with van der Waals surface area (Å²) in [7, 11) is 0. The predicted molar refractivity (Wildman–Crippen MR) is 422 cm³/mol. The van der Waals surface area contributed by atoms with Gasteiger partial charge in [0, 0.05) is 66.9 Å². The Bertz CT molecular complexity index is 6320. The summed E-state index contributed by atoms with van der Waals surface area (Å²) >= 11 is 0. The fourth-order valence-electron chi connectivity index (χ4n) is 16.0. The van der Waals surface area contributed by atoms with Crippen molar-refractivity contribution in [1.29, 1.82) is 0 Å². The van der Waals surface area contributed by atoms with E-state index in [-0.39, 0.29) is 44.9 Å². The zero-order valence-corrected chi connectivity index (χ0v) is 56.4. The highest BCUT2D eigenvalue weighted by atomic mass is 15.2. The largest absolute Gasteiger partial charge is 0.310 e. The van der Waals surface area contributed by atoms with Crippen LogP contribution in [-0.4, -0.2) is 11.3 Å². The van der Waals surface area contributed by atoms with Gasteiger partial charge in [-0.2, -0.15) is 0 Å². The standard InChI is InChI=1S/C95H76BN3/c1-93(2,3)68-56-75(62-33-16-10-17-34-62)91(76(57-68)63-35-18-11-19-36-63)98-85-52-49-66(61-31-14-9-15-32-61)53-82(85)96-81-51-50-70(97-83-47-28-25-41-72(83)73-42-26-29-48-84(73)97)60-86(81)99(92-77(64-37-20-12-21-38-64)58-69(94(4,5)6)59-78(92)65-39-22-13-23-40-65)88-55-67(54-87(98)90(88)96)71-44-30-46-80-89(71)74-43-24-27-45-79(74)95(80,7)8/h9-60H,1-8H3/i9D,14D,15D,25D,26D,28D,29D,31D,32D,41D,42D,47D,48D. The van der Waals surface area contributed by atoms with E-state index in [1.54, 1.807) is 4.57 Å². The van der Waals surface area contributed by atoms with Gasteiger partial charge in [0.25, 0.3) is 6.71 Å². The number of hydrogen-bond donors (Lipinski definition) is 0. The third kappa shape index (κ3) is 9.62. The molecule has 14 aromatic carbocycles. The van der Waals surface area contributed by atoms with E-state index >= 15 is 0 Å². The number of fused-ring (bicyclic) bond motifs is 10. The fraction of sp³-hybridized carbons (Fsp3) is 0.116.